The number of carbonyl (C=O) groups is 3. The van der Waals surface area contributed by atoms with Crippen LogP contribution in [0.2, 0.25) is 0 Å². The van der Waals surface area contributed by atoms with Crippen LogP contribution < -0.4 is 11.1 Å². The van der Waals surface area contributed by atoms with Gasteiger partial charge in [0.05, 0.1) is 29.4 Å². The number of anilines is 1. The lowest BCUT2D eigenvalue weighted by atomic mass is 10.1. The first-order valence-corrected chi connectivity index (χ1v) is 9.18. The Hall–Kier alpha value is -3.70. The van der Waals surface area contributed by atoms with Crippen LogP contribution in [0.15, 0.2) is 48.5 Å². The van der Waals surface area contributed by atoms with Gasteiger partial charge in [-0.1, -0.05) is 12.1 Å². The molecule has 1 fully saturated rings. The molecule has 3 rings (SSSR count). The van der Waals surface area contributed by atoms with E-state index in [2.05, 4.69) is 5.32 Å². The van der Waals surface area contributed by atoms with Gasteiger partial charge in [0.2, 0.25) is 5.91 Å². The number of carbonyl (C=O) groups excluding carboxylic acids is 3. The normalized spacial score (nSPS) is 14.1. The molecule has 3 N–H and O–H groups in total. The van der Waals surface area contributed by atoms with Crippen LogP contribution in [0.1, 0.15) is 26.3 Å². The van der Waals surface area contributed by atoms with Crippen LogP contribution in [0.25, 0.3) is 0 Å². The number of nitrogens with one attached hydrogen (secondary N) is 1. The predicted octanol–water partition coefficient (Wildman–Crippen LogP) is 1.05. The number of benzene rings is 2. The lowest BCUT2D eigenvalue weighted by molar-refractivity contribution is -0.117. The zero-order chi connectivity index (χ0) is 20.8. The fraction of sp³-hybridized carbons (Fsp3) is 0.238. The number of piperazine rings is 1. The van der Waals surface area contributed by atoms with E-state index in [1.54, 1.807) is 53.4 Å². The van der Waals surface area contributed by atoms with Gasteiger partial charge in [-0.2, -0.15) is 5.26 Å². The number of nitrogens with two attached hydrogens (primary N) is 1. The molecule has 1 heterocycles. The van der Waals surface area contributed by atoms with E-state index in [-0.39, 0.29) is 23.9 Å². The Labute approximate surface area is 168 Å². The van der Waals surface area contributed by atoms with E-state index >= 15 is 0 Å². The summed E-state index contributed by atoms with van der Waals surface area (Å²) >= 11 is 0. The number of nitrogens with zero attached hydrogens (tertiary/aromatic N) is 3. The Morgan fingerprint density at radius 3 is 2.28 bits per heavy atom. The third-order valence-corrected chi connectivity index (χ3v) is 4.75. The van der Waals surface area contributed by atoms with Crippen molar-refractivity contribution in [2.75, 3.05) is 38.0 Å². The molecule has 0 spiro atoms. The molecule has 1 aliphatic rings. The number of nitriles is 1. The van der Waals surface area contributed by atoms with E-state index in [4.69, 9.17) is 11.0 Å². The van der Waals surface area contributed by atoms with Gasteiger partial charge in [-0.05, 0) is 36.4 Å². The van der Waals surface area contributed by atoms with Crippen molar-refractivity contribution < 1.29 is 14.4 Å². The molecule has 148 valence electrons. The highest BCUT2D eigenvalue weighted by atomic mass is 16.2. The zero-order valence-corrected chi connectivity index (χ0v) is 15.8. The van der Waals surface area contributed by atoms with Crippen molar-refractivity contribution in [2.45, 2.75) is 0 Å². The summed E-state index contributed by atoms with van der Waals surface area (Å²) < 4.78 is 0. The van der Waals surface area contributed by atoms with Crippen molar-refractivity contribution in [3.8, 4) is 6.07 Å². The van der Waals surface area contributed by atoms with Gasteiger partial charge in [-0.15, -0.1) is 0 Å². The monoisotopic (exact) mass is 391 g/mol. The molecule has 0 bridgehead atoms. The second-order valence-corrected chi connectivity index (χ2v) is 6.72. The van der Waals surface area contributed by atoms with E-state index in [9.17, 15) is 14.4 Å². The summed E-state index contributed by atoms with van der Waals surface area (Å²) in [5.41, 5.74) is 7.03. The van der Waals surface area contributed by atoms with Crippen LogP contribution in [0.4, 0.5) is 5.69 Å². The van der Waals surface area contributed by atoms with Crippen LogP contribution in [0, 0.1) is 11.3 Å². The van der Waals surface area contributed by atoms with Crippen LogP contribution in [0.5, 0.6) is 0 Å². The molecule has 1 aliphatic heterocycles. The zero-order valence-electron chi connectivity index (χ0n) is 15.8. The molecule has 2 aromatic rings. The molecular weight excluding hydrogens is 370 g/mol. The van der Waals surface area contributed by atoms with Gasteiger partial charge in [0, 0.05) is 31.7 Å². The predicted molar refractivity (Wildman–Crippen MR) is 107 cm³/mol. The molecule has 2 aromatic carbocycles. The second-order valence-electron chi connectivity index (χ2n) is 6.72. The molecule has 0 aromatic heterocycles. The van der Waals surface area contributed by atoms with E-state index in [0.29, 0.717) is 43.0 Å². The number of hydrogen-bond donors (Lipinski definition) is 2. The Bertz CT molecular complexity index is 957. The molecule has 3 amide bonds. The minimum atomic E-state index is -0.601. The highest BCUT2D eigenvalue weighted by Gasteiger charge is 2.23. The molecule has 0 aliphatic carbocycles. The van der Waals surface area contributed by atoms with E-state index in [1.165, 1.54) is 0 Å². The van der Waals surface area contributed by atoms with Crippen LogP contribution in [-0.2, 0) is 4.79 Å². The fourth-order valence-corrected chi connectivity index (χ4v) is 3.18. The molecule has 8 heteroatoms. The maximum Gasteiger partial charge on any atom is 0.253 e. The first-order valence-electron chi connectivity index (χ1n) is 9.18. The van der Waals surface area contributed by atoms with Gasteiger partial charge in [0.15, 0.2) is 0 Å². The van der Waals surface area contributed by atoms with Crippen molar-refractivity contribution >= 4 is 23.4 Å². The fourth-order valence-electron chi connectivity index (χ4n) is 3.18. The summed E-state index contributed by atoms with van der Waals surface area (Å²) in [6, 6.07) is 15.2. The highest BCUT2D eigenvalue weighted by Crippen LogP contribution is 2.15. The molecule has 0 saturated carbocycles. The lowest BCUT2D eigenvalue weighted by Gasteiger charge is -2.34. The average molecular weight is 391 g/mol. The Morgan fingerprint density at radius 1 is 1.00 bits per heavy atom. The van der Waals surface area contributed by atoms with Gasteiger partial charge in [-0.3, -0.25) is 19.3 Å². The van der Waals surface area contributed by atoms with Gasteiger partial charge in [0.25, 0.3) is 11.8 Å². The minimum absolute atomic E-state index is 0.0889. The molecular formula is C21H21N5O3. The van der Waals surface area contributed by atoms with Crippen LogP contribution in [0.3, 0.4) is 0 Å². The average Bonchev–Trinajstić information content (AvgIpc) is 2.74. The Morgan fingerprint density at radius 2 is 1.66 bits per heavy atom. The summed E-state index contributed by atoms with van der Waals surface area (Å²) in [7, 11) is 0. The number of hydrogen-bond acceptors (Lipinski definition) is 5. The van der Waals surface area contributed by atoms with E-state index in [1.807, 2.05) is 11.0 Å². The van der Waals surface area contributed by atoms with Gasteiger partial charge in [0.1, 0.15) is 0 Å². The minimum Gasteiger partial charge on any atom is -0.366 e. The van der Waals surface area contributed by atoms with Crippen molar-refractivity contribution in [2.24, 2.45) is 5.73 Å². The van der Waals surface area contributed by atoms with Crippen molar-refractivity contribution in [1.82, 2.24) is 9.80 Å². The first kappa shape index (κ1) is 20.0. The number of amides is 3. The van der Waals surface area contributed by atoms with E-state index in [0.717, 1.165) is 0 Å². The first-order chi connectivity index (χ1) is 14.0. The van der Waals surface area contributed by atoms with Gasteiger partial charge in [-0.25, -0.2) is 0 Å². The number of para-hydroxylation sites is 1. The quantitative estimate of drug-likeness (QED) is 0.790. The van der Waals surface area contributed by atoms with Crippen molar-refractivity contribution in [1.29, 1.82) is 5.26 Å². The summed E-state index contributed by atoms with van der Waals surface area (Å²) in [5.74, 6) is -0.935. The molecule has 8 nitrogen and oxygen atoms in total. The molecule has 0 unspecified atom stereocenters. The summed E-state index contributed by atoms with van der Waals surface area (Å²) in [4.78, 5) is 40.0. The maximum absolute atomic E-state index is 12.6. The Kier molecular flexibility index (Phi) is 6.22. The van der Waals surface area contributed by atoms with Crippen molar-refractivity contribution in [3.05, 3.63) is 65.2 Å². The van der Waals surface area contributed by atoms with Gasteiger partial charge < -0.3 is 16.0 Å². The molecule has 1 saturated heterocycles. The maximum atomic E-state index is 12.6. The SMILES string of the molecule is N#Cc1ccc(C(=O)N2CCN(CC(=O)Nc3ccccc3C(N)=O)CC2)cc1. The highest BCUT2D eigenvalue weighted by molar-refractivity contribution is 6.03. The number of primary amides is 1. The molecule has 29 heavy (non-hydrogen) atoms. The Balaban J connectivity index is 1.52. The standard InChI is InChI=1S/C21H21N5O3/c22-13-15-5-7-16(8-6-15)21(29)26-11-9-25(10-12-26)14-19(27)24-18-4-2-1-3-17(18)20(23)28/h1-8H,9-12,14H2,(H2,23,28)(H,24,27). The van der Waals surface area contributed by atoms with E-state index < -0.39 is 5.91 Å². The number of rotatable bonds is 5. The largest absolute Gasteiger partial charge is 0.366 e. The topological polar surface area (TPSA) is 120 Å². The summed E-state index contributed by atoms with van der Waals surface area (Å²) in [6.45, 7) is 2.29. The van der Waals surface area contributed by atoms with Crippen LogP contribution >= 0.6 is 0 Å². The third kappa shape index (κ3) is 4.97. The third-order valence-electron chi connectivity index (χ3n) is 4.75. The summed E-state index contributed by atoms with van der Waals surface area (Å²) in [5, 5.41) is 11.6. The van der Waals surface area contributed by atoms with Gasteiger partial charge >= 0.3 is 0 Å². The van der Waals surface area contributed by atoms with Crippen LogP contribution in [-0.4, -0.2) is 60.2 Å². The molecule has 0 radical (unpaired) electrons. The molecule has 0 atom stereocenters. The second kappa shape index (κ2) is 8.99. The lowest BCUT2D eigenvalue weighted by Crippen LogP contribution is -2.50. The smallest absolute Gasteiger partial charge is 0.253 e. The summed E-state index contributed by atoms with van der Waals surface area (Å²) in [6.07, 6.45) is 0. The van der Waals surface area contributed by atoms with Crippen molar-refractivity contribution in [3.63, 3.8) is 0 Å².